The molecule has 2 N–H and O–H groups in total. The number of benzene rings is 1. The van der Waals surface area contributed by atoms with Crippen LogP contribution < -0.4 is 5.73 Å². The highest BCUT2D eigenvalue weighted by Crippen LogP contribution is 2.40. The number of hydrogen-bond acceptors (Lipinski definition) is 2. The van der Waals surface area contributed by atoms with Gasteiger partial charge in [0.15, 0.2) is 0 Å². The van der Waals surface area contributed by atoms with E-state index in [4.69, 9.17) is 5.73 Å². The van der Waals surface area contributed by atoms with Crippen molar-refractivity contribution in [3.05, 3.63) is 35.4 Å². The number of nitrogens with zero attached hydrogens (tertiary/aromatic N) is 1. The Kier molecular flexibility index (Phi) is 3.40. The van der Waals surface area contributed by atoms with Gasteiger partial charge >= 0.3 is 0 Å². The Morgan fingerprint density at radius 1 is 1.28 bits per heavy atom. The van der Waals surface area contributed by atoms with Crippen molar-refractivity contribution in [3.63, 3.8) is 0 Å². The van der Waals surface area contributed by atoms with Gasteiger partial charge in [-0.3, -0.25) is 4.90 Å². The van der Waals surface area contributed by atoms with Crippen molar-refractivity contribution in [3.8, 4) is 0 Å². The molecular formula is C16H24N2. The van der Waals surface area contributed by atoms with Crippen LogP contribution in [0.4, 0.5) is 0 Å². The smallest absolute Gasteiger partial charge is 0.0234 e. The van der Waals surface area contributed by atoms with Crippen molar-refractivity contribution in [1.82, 2.24) is 4.90 Å². The number of hydrogen-bond donors (Lipinski definition) is 1. The average molecular weight is 244 g/mol. The summed E-state index contributed by atoms with van der Waals surface area (Å²) in [7, 11) is 0. The van der Waals surface area contributed by atoms with E-state index < -0.39 is 0 Å². The maximum Gasteiger partial charge on any atom is 0.0234 e. The van der Waals surface area contributed by atoms with Gasteiger partial charge in [-0.05, 0) is 42.2 Å². The monoisotopic (exact) mass is 244 g/mol. The second-order valence-corrected chi connectivity index (χ2v) is 6.31. The first-order chi connectivity index (χ1) is 8.70. The number of nitrogens with two attached hydrogens (primary N) is 1. The van der Waals surface area contributed by atoms with E-state index in [1.165, 1.54) is 31.4 Å². The van der Waals surface area contributed by atoms with Gasteiger partial charge in [-0.15, -0.1) is 0 Å². The number of rotatable bonds is 3. The molecule has 0 aromatic heterocycles. The lowest BCUT2D eigenvalue weighted by atomic mass is 9.96. The standard InChI is InChI=1S/C16H24N2/c1-12-7-16(17)11-18(9-12)10-13-3-2-4-15(8-13)14-5-6-14/h2-4,8,12,14,16H,5-7,9-11,17H2,1H3. The van der Waals surface area contributed by atoms with Crippen LogP contribution in [0.3, 0.4) is 0 Å². The lowest BCUT2D eigenvalue weighted by molar-refractivity contribution is 0.158. The number of likely N-dealkylation sites (tertiary alicyclic amines) is 1. The summed E-state index contributed by atoms with van der Waals surface area (Å²) in [5.74, 6) is 1.59. The second-order valence-electron chi connectivity index (χ2n) is 6.31. The van der Waals surface area contributed by atoms with E-state index in [0.717, 1.165) is 24.9 Å². The molecule has 2 fully saturated rings. The molecular weight excluding hydrogens is 220 g/mol. The Morgan fingerprint density at radius 3 is 2.83 bits per heavy atom. The van der Waals surface area contributed by atoms with E-state index in [9.17, 15) is 0 Å². The first-order valence-corrected chi connectivity index (χ1v) is 7.27. The summed E-state index contributed by atoms with van der Waals surface area (Å²) >= 11 is 0. The molecule has 2 heteroatoms. The molecule has 3 rings (SSSR count). The number of piperidine rings is 1. The van der Waals surface area contributed by atoms with Gasteiger partial charge in [-0.25, -0.2) is 0 Å². The Balaban J connectivity index is 1.66. The minimum atomic E-state index is 0.361. The van der Waals surface area contributed by atoms with Crippen molar-refractivity contribution in [2.24, 2.45) is 11.7 Å². The van der Waals surface area contributed by atoms with Crippen LogP contribution in [-0.4, -0.2) is 24.0 Å². The molecule has 1 heterocycles. The Morgan fingerprint density at radius 2 is 2.11 bits per heavy atom. The Bertz CT molecular complexity index is 401. The molecule has 2 unspecified atom stereocenters. The fourth-order valence-electron chi connectivity index (χ4n) is 3.26. The van der Waals surface area contributed by atoms with Crippen LogP contribution in [0.1, 0.15) is 43.2 Å². The molecule has 0 radical (unpaired) electrons. The fraction of sp³-hybridized carbons (Fsp3) is 0.625. The molecule has 2 nitrogen and oxygen atoms in total. The molecule has 0 bridgehead atoms. The Hall–Kier alpha value is -0.860. The summed E-state index contributed by atoms with van der Waals surface area (Å²) in [5.41, 5.74) is 9.12. The summed E-state index contributed by atoms with van der Waals surface area (Å²) < 4.78 is 0. The first kappa shape index (κ1) is 12.2. The molecule has 2 aliphatic rings. The SMILES string of the molecule is CC1CC(N)CN(Cc2cccc(C3CC3)c2)C1. The normalized spacial score (nSPS) is 29.4. The topological polar surface area (TPSA) is 29.3 Å². The fourth-order valence-corrected chi connectivity index (χ4v) is 3.26. The molecule has 1 aliphatic heterocycles. The van der Waals surface area contributed by atoms with Crippen molar-refractivity contribution in [2.45, 2.75) is 44.7 Å². The minimum absolute atomic E-state index is 0.361. The van der Waals surface area contributed by atoms with Crippen LogP contribution in [0.15, 0.2) is 24.3 Å². The average Bonchev–Trinajstić information content (AvgIpc) is 3.11. The quantitative estimate of drug-likeness (QED) is 0.886. The van der Waals surface area contributed by atoms with Crippen LogP contribution in [0.5, 0.6) is 0 Å². The van der Waals surface area contributed by atoms with Crippen LogP contribution in [0.2, 0.25) is 0 Å². The summed E-state index contributed by atoms with van der Waals surface area (Å²) in [4.78, 5) is 2.52. The predicted molar refractivity (Wildman–Crippen MR) is 75.5 cm³/mol. The largest absolute Gasteiger partial charge is 0.327 e. The van der Waals surface area contributed by atoms with Gasteiger partial charge in [-0.2, -0.15) is 0 Å². The van der Waals surface area contributed by atoms with E-state index in [0.29, 0.717) is 6.04 Å². The molecule has 1 aromatic carbocycles. The summed E-state index contributed by atoms with van der Waals surface area (Å²) in [5, 5.41) is 0. The highest BCUT2D eigenvalue weighted by molar-refractivity contribution is 5.29. The van der Waals surface area contributed by atoms with Crippen molar-refractivity contribution >= 4 is 0 Å². The van der Waals surface area contributed by atoms with Gasteiger partial charge in [0.25, 0.3) is 0 Å². The van der Waals surface area contributed by atoms with E-state index >= 15 is 0 Å². The molecule has 1 saturated carbocycles. The third-order valence-electron chi connectivity index (χ3n) is 4.17. The summed E-state index contributed by atoms with van der Waals surface area (Å²) in [6, 6.07) is 9.53. The minimum Gasteiger partial charge on any atom is -0.327 e. The summed E-state index contributed by atoms with van der Waals surface area (Å²) in [6.45, 7) is 5.63. The molecule has 2 atom stereocenters. The highest BCUT2D eigenvalue weighted by atomic mass is 15.1. The van der Waals surface area contributed by atoms with Gasteiger partial charge in [0.1, 0.15) is 0 Å². The van der Waals surface area contributed by atoms with Gasteiger partial charge in [0.2, 0.25) is 0 Å². The maximum atomic E-state index is 6.12. The van der Waals surface area contributed by atoms with Gasteiger partial charge in [-0.1, -0.05) is 31.2 Å². The Labute approximate surface area is 110 Å². The van der Waals surface area contributed by atoms with Gasteiger partial charge in [0, 0.05) is 25.7 Å². The van der Waals surface area contributed by atoms with Gasteiger partial charge in [0.05, 0.1) is 0 Å². The molecule has 1 aliphatic carbocycles. The van der Waals surface area contributed by atoms with Crippen LogP contribution in [-0.2, 0) is 6.54 Å². The first-order valence-electron chi connectivity index (χ1n) is 7.27. The van der Waals surface area contributed by atoms with Crippen molar-refractivity contribution in [1.29, 1.82) is 0 Å². The molecule has 1 aromatic rings. The lowest BCUT2D eigenvalue weighted by Gasteiger charge is -2.34. The molecule has 18 heavy (non-hydrogen) atoms. The third-order valence-corrected chi connectivity index (χ3v) is 4.17. The van der Waals surface area contributed by atoms with E-state index in [2.05, 4.69) is 36.1 Å². The van der Waals surface area contributed by atoms with Crippen LogP contribution >= 0.6 is 0 Å². The zero-order valence-electron chi connectivity index (χ0n) is 11.3. The van der Waals surface area contributed by atoms with Crippen LogP contribution in [0, 0.1) is 5.92 Å². The molecule has 98 valence electrons. The van der Waals surface area contributed by atoms with Gasteiger partial charge < -0.3 is 5.73 Å². The molecule has 1 saturated heterocycles. The highest BCUT2D eigenvalue weighted by Gasteiger charge is 2.24. The lowest BCUT2D eigenvalue weighted by Crippen LogP contribution is -2.45. The molecule has 0 amide bonds. The van der Waals surface area contributed by atoms with E-state index in [1.54, 1.807) is 5.56 Å². The third kappa shape index (κ3) is 2.93. The zero-order valence-corrected chi connectivity index (χ0v) is 11.3. The van der Waals surface area contributed by atoms with Crippen molar-refractivity contribution in [2.75, 3.05) is 13.1 Å². The summed E-state index contributed by atoms with van der Waals surface area (Å²) in [6.07, 6.45) is 3.95. The van der Waals surface area contributed by atoms with Crippen molar-refractivity contribution < 1.29 is 0 Å². The maximum absolute atomic E-state index is 6.12. The zero-order chi connectivity index (χ0) is 12.5. The molecule has 0 spiro atoms. The van der Waals surface area contributed by atoms with E-state index in [-0.39, 0.29) is 0 Å². The van der Waals surface area contributed by atoms with E-state index in [1.807, 2.05) is 0 Å². The second kappa shape index (κ2) is 5.02. The predicted octanol–water partition coefficient (Wildman–Crippen LogP) is 2.73. The van der Waals surface area contributed by atoms with Crippen LogP contribution in [0.25, 0.3) is 0 Å².